The second-order valence-corrected chi connectivity index (χ2v) is 4.10. The molecule has 4 heteroatoms. The van der Waals surface area contributed by atoms with E-state index in [-0.39, 0.29) is 12.5 Å². The summed E-state index contributed by atoms with van der Waals surface area (Å²) in [7, 11) is 0. The predicted octanol–water partition coefficient (Wildman–Crippen LogP) is 1.95. The first-order valence-corrected chi connectivity index (χ1v) is 6.32. The molecule has 0 radical (unpaired) electrons. The van der Waals surface area contributed by atoms with E-state index in [1.165, 1.54) is 18.4 Å². The van der Waals surface area contributed by atoms with E-state index in [1.54, 1.807) is 12.1 Å². The Morgan fingerprint density at radius 1 is 1.28 bits per heavy atom. The molecule has 0 aromatic heterocycles. The van der Waals surface area contributed by atoms with Crippen LogP contribution in [0, 0.1) is 6.92 Å². The third kappa shape index (κ3) is 9.66. The van der Waals surface area contributed by atoms with Gasteiger partial charge in [0.25, 0.3) is 0 Å². The van der Waals surface area contributed by atoms with Crippen LogP contribution in [-0.4, -0.2) is 24.1 Å². The van der Waals surface area contributed by atoms with Crippen LogP contribution in [0.2, 0.25) is 0 Å². The zero-order chi connectivity index (χ0) is 13.8. The molecule has 1 rings (SSSR count). The van der Waals surface area contributed by atoms with Gasteiger partial charge in [-0.25, -0.2) is 0 Å². The summed E-state index contributed by atoms with van der Waals surface area (Å²) in [6.45, 7) is 4.99. The Kier molecular flexibility index (Phi) is 9.68. The molecule has 0 spiro atoms. The first kappa shape index (κ1) is 16.4. The SMILES string of the molecule is CCCCCNC(=O)CN.Cc1ccc(O)cc1. The predicted molar refractivity (Wildman–Crippen MR) is 74.4 cm³/mol. The fraction of sp³-hybridized carbons (Fsp3) is 0.500. The lowest BCUT2D eigenvalue weighted by atomic mass is 10.2. The average molecular weight is 252 g/mol. The summed E-state index contributed by atoms with van der Waals surface area (Å²) in [6.07, 6.45) is 3.41. The fourth-order valence-electron chi connectivity index (χ4n) is 1.22. The summed E-state index contributed by atoms with van der Waals surface area (Å²) in [5, 5.41) is 11.5. The number of phenolic OH excluding ortho intramolecular Hbond substituents is 1. The number of nitrogens with one attached hydrogen (secondary N) is 1. The molecule has 0 heterocycles. The highest BCUT2D eigenvalue weighted by Crippen LogP contribution is 2.07. The van der Waals surface area contributed by atoms with Crippen LogP contribution in [0.1, 0.15) is 31.7 Å². The molecule has 0 unspecified atom stereocenters. The van der Waals surface area contributed by atoms with Crippen LogP contribution in [0.5, 0.6) is 5.75 Å². The van der Waals surface area contributed by atoms with E-state index in [2.05, 4.69) is 12.2 Å². The van der Waals surface area contributed by atoms with Crippen LogP contribution in [0.15, 0.2) is 24.3 Å². The van der Waals surface area contributed by atoms with Gasteiger partial charge in [-0.3, -0.25) is 4.79 Å². The maximum atomic E-state index is 10.5. The molecular weight excluding hydrogens is 228 g/mol. The van der Waals surface area contributed by atoms with Gasteiger partial charge in [0.05, 0.1) is 6.54 Å². The second kappa shape index (κ2) is 10.6. The maximum absolute atomic E-state index is 10.5. The van der Waals surface area contributed by atoms with Crippen molar-refractivity contribution in [1.82, 2.24) is 5.32 Å². The number of hydrogen-bond acceptors (Lipinski definition) is 3. The highest BCUT2D eigenvalue weighted by atomic mass is 16.3. The molecule has 0 saturated carbocycles. The Morgan fingerprint density at radius 2 is 1.89 bits per heavy atom. The number of amides is 1. The number of aromatic hydroxyl groups is 1. The number of aryl methyl sites for hydroxylation is 1. The third-order valence-electron chi connectivity index (χ3n) is 2.32. The van der Waals surface area contributed by atoms with E-state index in [9.17, 15) is 4.79 Å². The summed E-state index contributed by atoms with van der Waals surface area (Å²) >= 11 is 0. The smallest absolute Gasteiger partial charge is 0.233 e. The summed E-state index contributed by atoms with van der Waals surface area (Å²) in [5.41, 5.74) is 6.24. The third-order valence-corrected chi connectivity index (χ3v) is 2.32. The van der Waals surface area contributed by atoms with Crippen LogP contribution < -0.4 is 11.1 Å². The van der Waals surface area contributed by atoms with Crippen LogP contribution in [0.3, 0.4) is 0 Å². The van der Waals surface area contributed by atoms with E-state index < -0.39 is 0 Å². The number of unbranched alkanes of at least 4 members (excludes halogenated alkanes) is 2. The van der Waals surface area contributed by atoms with Gasteiger partial charge >= 0.3 is 0 Å². The number of rotatable bonds is 5. The topological polar surface area (TPSA) is 75.4 Å². The van der Waals surface area contributed by atoms with E-state index in [1.807, 2.05) is 19.1 Å². The molecule has 1 amide bonds. The van der Waals surface area contributed by atoms with Crippen molar-refractivity contribution in [3.63, 3.8) is 0 Å². The minimum atomic E-state index is -0.0592. The quantitative estimate of drug-likeness (QED) is 0.701. The van der Waals surface area contributed by atoms with Gasteiger partial charge in [0, 0.05) is 6.54 Å². The van der Waals surface area contributed by atoms with E-state index in [4.69, 9.17) is 10.8 Å². The molecule has 0 bridgehead atoms. The first-order chi connectivity index (χ1) is 8.60. The van der Waals surface area contributed by atoms with Gasteiger partial charge in [-0.1, -0.05) is 37.5 Å². The number of nitrogens with two attached hydrogens (primary N) is 1. The van der Waals surface area contributed by atoms with Crippen molar-refractivity contribution in [2.75, 3.05) is 13.1 Å². The lowest BCUT2D eigenvalue weighted by molar-refractivity contribution is -0.119. The molecule has 1 aromatic rings. The van der Waals surface area contributed by atoms with Crippen molar-refractivity contribution in [3.05, 3.63) is 29.8 Å². The van der Waals surface area contributed by atoms with Crippen LogP contribution in [-0.2, 0) is 4.79 Å². The molecular formula is C14H24N2O2. The highest BCUT2D eigenvalue weighted by molar-refractivity contribution is 5.77. The number of carbonyl (C=O) groups excluding carboxylic acids is 1. The Labute approximate surface area is 109 Å². The van der Waals surface area contributed by atoms with Crippen molar-refractivity contribution in [2.45, 2.75) is 33.1 Å². The largest absolute Gasteiger partial charge is 0.508 e. The standard InChI is InChI=1S/C7H16N2O.C7H8O/c1-2-3-4-5-9-7(10)6-8;1-6-2-4-7(8)5-3-6/h2-6,8H2,1H3,(H,9,10);2-5,8H,1H3. The van der Waals surface area contributed by atoms with Crippen LogP contribution in [0.25, 0.3) is 0 Å². The summed E-state index contributed by atoms with van der Waals surface area (Å²) in [6, 6.07) is 7.09. The molecule has 0 aliphatic rings. The Balaban J connectivity index is 0.000000327. The van der Waals surface area contributed by atoms with Gasteiger partial charge in [0.15, 0.2) is 0 Å². The number of phenols is 1. The molecule has 0 aliphatic heterocycles. The molecule has 4 nitrogen and oxygen atoms in total. The monoisotopic (exact) mass is 252 g/mol. The van der Waals surface area contributed by atoms with Gasteiger partial charge in [-0.15, -0.1) is 0 Å². The Morgan fingerprint density at radius 3 is 2.33 bits per heavy atom. The van der Waals surface area contributed by atoms with E-state index >= 15 is 0 Å². The van der Waals surface area contributed by atoms with Crippen LogP contribution in [0.4, 0.5) is 0 Å². The van der Waals surface area contributed by atoms with E-state index in [0.29, 0.717) is 5.75 Å². The Bertz CT molecular complexity index is 302. The molecule has 0 fully saturated rings. The lowest BCUT2D eigenvalue weighted by Gasteiger charge is -2.00. The summed E-state index contributed by atoms with van der Waals surface area (Å²) in [4.78, 5) is 10.5. The Hall–Kier alpha value is -1.55. The minimum absolute atomic E-state index is 0.0592. The second-order valence-electron chi connectivity index (χ2n) is 4.10. The summed E-state index contributed by atoms with van der Waals surface area (Å²) in [5.74, 6) is 0.270. The number of benzene rings is 1. The molecule has 18 heavy (non-hydrogen) atoms. The fourth-order valence-corrected chi connectivity index (χ4v) is 1.22. The van der Waals surface area contributed by atoms with Crippen molar-refractivity contribution in [3.8, 4) is 5.75 Å². The lowest BCUT2D eigenvalue weighted by Crippen LogP contribution is -2.30. The molecule has 0 atom stereocenters. The van der Waals surface area contributed by atoms with Gasteiger partial charge in [0.1, 0.15) is 5.75 Å². The average Bonchev–Trinajstić information content (AvgIpc) is 2.38. The van der Waals surface area contributed by atoms with Crippen LogP contribution >= 0.6 is 0 Å². The molecule has 1 aromatic carbocycles. The van der Waals surface area contributed by atoms with Gasteiger partial charge < -0.3 is 16.2 Å². The number of hydrogen-bond donors (Lipinski definition) is 3. The summed E-state index contributed by atoms with van der Waals surface area (Å²) < 4.78 is 0. The molecule has 0 saturated heterocycles. The van der Waals surface area contributed by atoms with Crippen molar-refractivity contribution < 1.29 is 9.90 Å². The van der Waals surface area contributed by atoms with Crippen molar-refractivity contribution >= 4 is 5.91 Å². The van der Waals surface area contributed by atoms with Crippen molar-refractivity contribution in [1.29, 1.82) is 0 Å². The van der Waals surface area contributed by atoms with Gasteiger partial charge in [-0.05, 0) is 25.5 Å². The molecule has 0 aliphatic carbocycles. The highest BCUT2D eigenvalue weighted by Gasteiger charge is 1.93. The molecule has 4 N–H and O–H groups in total. The van der Waals surface area contributed by atoms with Gasteiger partial charge in [-0.2, -0.15) is 0 Å². The van der Waals surface area contributed by atoms with Crippen molar-refractivity contribution in [2.24, 2.45) is 5.73 Å². The zero-order valence-electron chi connectivity index (χ0n) is 11.3. The molecule has 102 valence electrons. The number of carbonyl (C=O) groups is 1. The minimum Gasteiger partial charge on any atom is -0.508 e. The first-order valence-electron chi connectivity index (χ1n) is 6.32. The van der Waals surface area contributed by atoms with Gasteiger partial charge in [0.2, 0.25) is 5.91 Å². The van der Waals surface area contributed by atoms with E-state index in [0.717, 1.165) is 13.0 Å². The normalized spacial score (nSPS) is 9.28. The maximum Gasteiger partial charge on any atom is 0.233 e. The zero-order valence-corrected chi connectivity index (χ0v) is 11.3.